The molecule has 1 aromatic heterocycles. The van der Waals surface area contributed by atoms with Gasteiger partial charge < -0.3 is 5.32 Å². The molecule has 0 saturated heterocycles. The number of hydrogen-bond acceptors (Lipinski definition) is 2. The van der Waals surface area contributed by atoms with Gasteiger partial charge in [-0.2, -0.15) is 0 Å². The predicted octanol–water partition coefficient (Wildman–Crippen LogP) is 9.51. The van der Waals surface area contributed by atoms with Crippen molar-refractivity contribution in [2.24, 2.45) is 17.3 Å². The highest BCUT2D eigenvalue weighted by molar-refractivity contribution is 6.31. The Morgan fingerprint density at radius 1 is 0.909 bits per heavy atom. The van der Waals surface area contributed by atoms with Crippen LogP contribution in [0.25, 0.3) is 10.9 Å². The van der Waals surface area contributed by atoms with E-state index in [1.807, 2.05) is 6.07 Å². The Morgan fingerprint density at radius 3 is 2.39 bits per heavy atom. The van der Waals surface area contributed by atoms with Crippen molar-refractivity contribution in [2.45, 2.75) is 109 Å². The third-order valence-corrected chi connectivity index (χ3v) is 9.92. The van der Waals surface area contributed by atoms with Gasteiger partial charge in [-0.1, -0.05) is 69.9 Å². The van der Waals surface area contributed by atoms with Crippen molar-refractivity contribution in [2.75, 3.05) is 11.9 Å². The molecule has 1 aromatic carbocycles. The van der Waals surface area contributed by atoms with Gasteiger partial charge in [-0.3, -0.25) is 4.98 Å². The van der Waals surface area contributed by atoms with E-state index in [0.717, 1.165) is 28.9 Å². The van der Waals surface area contributed by atoms with Gasteiger partial charge in [-0.15, -0.1) is 0 Å². The summed E-state index contributed by atoms with van der Waals surface area (Å²) in [5.74, 6) is 2.33. The number of anilines is 1. The van der Waals surface area contributed by atoms with Crippen LogP contribution in [0.2, 0.25) is 5.02 Å². The maximum absolute atomic E-state index is 6.37. The fourth-order valence-electron chi connectivity index (χ4n) is 7.83. The van der Waals surface area contributed by atoms with Crippen LogP contribution in [-0.2, 0) is 0 Å². The number of halogens is 1. The number of aromatic nitrogens is 1. The van der Waals surface area contributed by atoms with Gasteiger partial charge in [0.25, 0.3) is 0 Å². The first-order valence-corrected chi connectivity index (χ1v) is 14.4. The molecule has 2 aromatic rings. The van der Waals surface area contributed by atoms with E-state index in [-0.39, 0.29) is 0 Å². The first kappa shape index (κ1) is 23.5. The van der Waals surface area contributed by atoms with Crippen LogP contribution in [0.3, 0.4) is 0 Å². The predicted molar refractivity (Wildman–Crippen MR) is 142 cm³/mol. The standard InChI is InChI=1S/C30H43ClN2/c1-2-30(23-13-6-4-3-5-7-14-23)18-10-15-24(30)21-32-28-20-27(22-11-8-9-12-22)33-29-19-25(31)16-17-26(28)29/h16-17,19-20,22-24H,2-15,18,21H2,1H3,(H,32,33). The van der Waals surface area contributed by atoms with E-state index in [0.29, 0.717) is 11.3 Å². The zero-order valence-electron chi connectivity index (χ0n) is 20.7. The number of nitrogens with zero attached hydrogens (tertiary/aromatic N) is 1. The van der Waals surface area contributed by atoms with Gasteiger partial charge in [0.1, 0.15) is 0 Å². The molecule has 2 nitrogen and oxygen atoms in total. The van der Waals surface area contributed by atoms with Gasteiger partial charge in [0.05, 0.1) is 5.52 Å². The fourth-order valence-corrected chi connectivity index (χ4v) is 8.00. The molecule has 2 unspecified atom stereocenters. The summed E-state index contributed by atoms with van der Waals surface area (Å²) in [7, 11) is 0. The highest BCUT2D eigenvalue weighted by Crippen LogP contribution is 2.54. The van der Waals surface area contributed by atoms with Crippen LogP contribution in [0.1, 0.15) is 115 Å². The average molecular weight is 467 g/mol. The van der Waals surface area contributed by atoms with Crippen molar-refractivity contribution in [1.82, 2.24) is 4.98 Å². The first-order valence-electron chi connectivity index (χ1n) is 14.0. The molecule has 0 radical (unpaired) electrons. The Morgan fingerprint density at radius 2 is 1.64 bits per heavy atom. The van der Waals surface area contributed by atoms with Crippen LogP contribution in [0, 0.1) is 17.3 Å². The van der Waals surface area contributed by atoms with Crippen LogP contribution in [0.4, 0.5) is 5.69 Å². The largest absolute Gasteiger partial charge is 0.384 e. The Balaban J connectivity index is 1.39. The zero-order valence-corrected chi connectivity index (χ0v) is 21.4. The fraction of sp³-hybridized carbons (Fsp3) is 0.700. The molecule has 3 heteroatoms. The molecule has 3 fully saturated rings. The Bertz CT molecular complexity index is 926. The van der Waals surface area contributed by atoms with Crippen molar-refractivity contribution < 1.29 is 0 Å². The summed E-state index contributed by atoms with van der Waals surface area (Å²) < 4.78 is 0. The molecule has 0 bridgehead atoms. The van der Waals surface area contributed by atoms with Crippen LogP contribution >= 0.6 is 11.6 Å². The molecule has 0 aliphatic heterocycles. The second kappa shape index (κ2) is 10.5. The van der Waals surface area contributed by atoms with E-state index in [2.05, 4.69) is 30.4 Å². The molecule has 180 valence electrons. The quantitative estimate of drug-likeness (QED) is 0.458. The van der Waals surface area contributed by atoms with E-state index in [1.54, 1.807) is 0 Å². The molecule has 33 heavy (non-hydrogen) atoms. The third kappa shape index (κ3) is 4.93. The van der Waals surface area contributed by atoms with Gasteiger partial charge in [0.15, 0.2) is 0 Å². The van der Waals surface area contributed by atoms with Crippen LogP contribution < -0.4 is 5.32 Å². The van der Waals surface area contributed by atoms with Crippen molar-refractivity contribution in [3.05, 3.63) is 35.0 Å². The molecule has 1 heterocycles. The minimum Gasteiger partial charge on any atom is -0.384 e. The van der Waals surface area contributed by atoms with Crippen LogP contribution in [0.5, 0.6) is 0 Å². The van der Waals surface area contributed by atoms with Crippen molar-refractivity contribution in [3.8, 4) is 0 Å². The molecule has 3 saturated carbocycles. The number of pyridine rings is 1. The van der Waals surface area contributed by atoms with E-state index in [1.165, 1.54) is 113 Å². The number of rotatable bonds is 6. The summed E-state index contributed by atoms with van der Waals surface area (Å²) in [6.07, 6.45) is 21.0. The SMILES string of the molecule is CCC1(C2CCCCCCC2)CCCC1CNc1cc(C2CCCC2)nc2cc(Cl)ccc12. The lowest BCUT2D eigenvalue weighted by molar-refractivity contribution is 0.0766. The second-order valence-corrected chi connectivity index (χ2v) is 11.8. The molecular weight excluding hydrogens is 424 g/mol. The number of hydrogen-bond donors (Lipinski definition) is 1. The van der Waals surface area contributed by atoms with Crippen LogP contribution in [-0.4, -0.2) is 11.5 Å². The lowest BCUT2D eigenvalue weighted by Crippen LogP contribution is -2.37. The summed E-state index contributed by atoms with van der Waals surface area (Å²) in [4.78, 5) is 5.07. The number of benzene rings is 1. The Kier molecular flexibility index (Phi) is 7.50. The van der Waals surface area contributed by atoms with Gasteiger partial charge in [-0.05, 0) is 86.5 Å². The molecule has 1 N–H and O–H groups in total. The van der Waals surface area contributed by atoms with E-state index < -0.39 is 0 Å². The lowest BCUT2D eigenvalue weighted by atomic mass is 9.63. The summed E-state index contributed by atoms with van der Waals surface area (Å²) >= 11 is 6.37. The van der Waals surface area contributed by atoms with Crippen molar-refractivity contribution in [1.29, 1.82) is 0 Å². The monoisotopic (exact) mass is 466 g/mol. The Hall–Kier alpha value is -1.28. The molecule has 0 spiro atoms. The summed E-state index contributed by atoms with van der Waals surface area (Å²) in [5.41, 5.74) is 4.17. The first-order chi connectivity index (χ1) is 16.2. The lowest BCUT2D eigenvalue weighted by Gasteiger charge is -2.43. The second-order valence-electron chi connectivity index (χ2n) is 11.3. The van der Waals surface area contributed by atoms with Crippen LogP contribution in [0.15, 0.2) is 24.3 Å². The summed E-state index contributed by atoms with van der Waals surface area (Å²) in [6, 6.07) is 8.62. The minimum atomic E-state index is 0.546. The van der Waals surface area contributed by atoms with Crippen molar-refractivity contribution >= 4 is 28.2 Å². The molecule has 0 amide bonds. The maximum atomic E-state index is 6.37. The molecule has 3 aliphatic carbocycles. The Labute approximate surface area is 206 Å². The van der Waals surface area contributed by atoms with Crippen molar-refractivity contribution in [3.63, 3.8) is 0 Å². The maximum Gasteiger partial charge on any atom is 0.0741 e. The normalized spacial score (nSPS) is 27.6. The zero-order chi connectivity index (χ0) is 22.7. The minimum absolute atomic E-state index is 0.546. The summed E-state index contributed by atoms with van der Waals surface area (Å²) in [6.45, 7) is 3.59. The van der Waals surface area contributed by atoms with Gasteiger partial charge >= 0.3 is 0 Å². The number of nitrogens with one attached hydrogen (secondary N) is 1. The molecule has 2 atom stereocenters. The highest BCUT2D eigenvalue weighted by Gasteiger charge is 2.46. The third-order valence-electron chi connectivity index (χ3n) is 9.69. The molecular formula is C30H43ClN2. The van der Waals surface area contributed by atoms with Gasteiger partial charge in [0.2, 0.25) is 0 Å². The highest BCUT2D eigenvalue weighted by atomic mass is 35.5. The van der Waals surface area contributed by atoms with E-state index in [9.17, 15) is 0 Å². The van der Waals surface area contributed by atoms with Gasteiger partial charge in [0, 0.05) is 34.3 Å². The van der Waals surface area contributed by atoms with E-state index in [4.69, 9.17) is 16.6 Å². The topological polar surface area (TPSA) is 24.9 Å². The summed E-state index contributed by atoms with van der Waals surface area (Å²) in [5, 5.41) is 6.00. The molecule has 3 aliphatic rings. The smallest absolute Gasteiger partial charge is 0.0741 e. The average Bonchev–Trinajstić information content (AvgIpc) is 3.47. The van der Waals surface area contributed by atoms with Gasteiger partial charge in [-0.25, -0.2) is 0 Å². The number of fused-ring (bicyclic) bond motifs is 1. The molecule has 5 rings (SSSR count). The van der Waals surface area contributed by atoms with E-state index >= 15 is 0 Å².